The highest BCUT2D eigenvalue weighted by atomic mass is 35.5. The number of nitrogens with one attached hydrogen (secondary N) is 1. The molecule has 21 heavy (non-hydrogen) atoms. The molecule has 0 aliphatic carbocycles. The van der Waals surface area contributed by atoms with Gasteiger partial charge in [-0.2, -0.15) is 0 Å². The zero-order valence-electron chi connectivity index (χ0n) is 12.4. The summed E-state index contributed by atoms with van der Waals surface area (Å²) in [6, 6.07) is 18.8. The Morgan fingerprint density at radius 1 is 1.05 bits per heavy atom. The van der Waals surface area contributed by atoms with E-state index in [1.54, 1.807) is 0 Å². The van der Waals surface area contributed by atoms with Gasteiger partial charge in [-0.3, -0.25) is 0 Å². The van der Waals surface area contributed by atoms with Gasteiger partial charge in [0.15, 0.2) is 0 Å². The largest absolute Gasteiger partial charge is 0.319 e. The summed E-state index contributed by atoms with van der Waals surface area (Å²) in [5, 5.41) is 4.12. The minimum absolute atomic E-state index is 0.660. The third kappa shape index (κ3) is 6.13. The Morgan fingerprint density at radius 3 is 2.43 bits per heavy atom. The first kappa shape index (κ1) is 16.4. The number of hydrogen-bond acceptors (Lipinski definition) is 2. The quantitative estimate of drug-likeness (QED) is 0.694. The van der Waals surface area contributed by atoms with Crippen LogP contribution in [0.4, 0.5) is 0 Å². The Kier molecular flexibility index (Phi) is 7.14. The molecule has 1 atom stereocenters. The SMILES string of the molecule is CNCC(CCSc1ccccc1)Cc1ccc(Cl)cc1. The summed E-state index contributed by atoms with van der Waals surface area (Å²) < 4.78 is 0. The predicted octanol–water partition coefficient (Wildman–Crippen LogP) is 4.90. The van der Waals surface area contributed by atoms with Crippen molar-refractivity contribution in [2.45, 2.75) is 17.7 Å². The van der Waals surface area contributed by atoms with Crippen LogP contribution in [0.5, 0.6) is 0 Å². The number of hydrogen-bond donors (Lipinski definition) is 1. The van der Waals surface area contributed by atoms with Crippen LogP contribution in [0.3, 0.4) is 0 Å². The predicted molar refractivity (Wildman–Crippen MR) is 94.4 cm³/mol. The topological polar surface area (TPSA) is 12.0 Å². The van der Waals surface area contributed by atoms with Gasteiger partial charge in [-0.1, -0.05) is 41.9 Å². The molecule has 3 heteroatoms. The van der Waals surface area contributed by atoms with Crippen molar-refractivity contribution in [1.82, 2.24) is 5.32 Å². The minimum atomic E-state index is 0.660. The van der Waals surface area contributed by atoms with E-state index in [0.29, 0.717) is 5.92 Å². The number of halogens is 1. The normalized spacial score (nSPS) is 12.3. The first-order valence-corrected chi connectivity index (χ1v) is 8.71. The monoisotopic (exact) mass is 319 g/mol. The lowest BCUT2D eigenvalue weighted by Gasteiger charge is -2.16. The molecular weight excluding hydrogens is 298 g/mol. The van der Waals surface area contributed by atoms with E-state index in [-0.39, 0.29) is 0 Å². The Morgan fingerprint density at radius 2 is 1.76 bits per heavy atom. The molecule has 0 heterocycles. The molecule has 1 unspecified atom stereocenters. The lowest BCUT2D eigenvalue weighted by Crippen LogP contribution is -2.21. The molecule has 2 aromatic carbocycles. The zero-order chi connectivity index (χ0) is 14.9. The lowest BCUT2D eigenvalue weighted by molar-refractivity contribution is 0.484. The first-order chi connectivity index (χ1) is 10.3. The summed E-state index contributed by atoms with van der Waals surface area (Å²) in [6.07, 6.45) is 2.32. The number of thioether (sulfide) groups is 1. The summed E-state index contributed by atoms with van der Waals surface area (Å²) in [4.78, 5) is 1.35. The van der Waals surface area contributed by atoms with E-state index in [0.717, 1.165) is 23.7 Å². The van der Waals surface area contributed by atoms with E-state index in [1.165, 1.54) is 16.9 Å². The van der Waals surface area contributed by atoms with Crippen molar-refractivity contribution in [2.24, 2.45) is 5.92 Å². The van der Waals surface area contributed by atoms with Crippen LogP contribution in [-0.2, 0) is 6.42 Å². The highest BCUT2D eigenvalue weighted by molar-refractivity contribution is 7.99. The molecular formula is C18H22ClNS. The Labute approximate surface area is 137 Å². The van der Waals surface area contributed by atoms with Crippen molar-refractivity contribution in [3.8, 4) is 0 Å². The standard InChI is InChI=1S/C18H22ClNS/c1-20-14-16(13-15-7-9-17(19)10-8-15)11-12-21-18-5-3-2-4-6-18/h2-10,16,20H,11-14H2,1H3. The molecule has 0 aliphatic heterocycles. The molecule has 1 nitrogen and oxygen atoms in total. The van der Waals surface area contributed by atoms with Crippen LogP contribution >= 0.6 is 23.4 Å². The van der Waals surface area contributed by atoms with Gasteiger partial charge in [0.25, 0.3) is 0 Å². The molecule has 1 N–H and O–H groups in total. The summed E-state index contributed by atoms with van der Waals surface area (Å²) >= 11 is 7.88. The molecule has 0 spiro atoms. The van der Waals surface area contributed by atoms with Crippen molar-refractivity contribution in [3.05, 3.63) is 65.2 Å². The molecule has 2 rings (SSSR count). The third-order valence-electron chi connectivity index (χ3n) is 3.47. The fraction of sp³-hybridized carbons (Fsp3) is 0.333. The molecule has 0 aliphatic rings. The van der Waals surface area contributed by atoms with Gasteiger partial charge in [0, 0.05) is 9.92 Å². The van der Waals surface area contributed by atoms with Gasteiger partial charge in [0.1, 0.15) is 0 Å². The smallest absolute Gasteiger partial charge is 0.0406 e. The molecule has 0 fully saturated rings. The van der Waals surface area contributed by atoms with Gasteiger partial charge in [0.2, 0.25) is 0 Å². The molecule has 0 bridgehead atoms. The lowest BCUT2D eigenvalue weighted by atomic mass is 9.97. The summed E-state index contributed by atoms with van der Waals surface area (Å²) in [5.74, 6) is 1.82. The molecule has 0 radical (unpaired) electrons. The van der Waals surface area contributed by atoms with Crippen molar-refractivity contribution < 1.29 is 0 Å². The van der Waals surface area contributed by atoms with Gasteiger partial charge < -0.3 is 5.32 Å². The first-order valence-electron chi connectivity index (χ1n) is 7.35. The molecule has 0 saturated heterocycles. The average Bonchev–Trinajstić information content (AvgIpc) is 2.51. The molecule has 2 aromatic rings. The highest BCUT2D eigenvalue weighted by Gasteiger charge is 2.09. The van der Waals surface area contributed by atoms with E-state index in [4.69, 9.17) is 11.6 Å². The van der Waals surface area contributed by atoms with Crippen molar-refractivity contribution in [3.63, 3.8) is 0 Å². The summed E-state index contributed by atoms with van der Waals surface area (Å²) in [7, 11) is 2.03. The van der Waals surface area contributed by atoms with Gasteiger partial charge in [-0.05, 0) is 67.9 Å². The van der Waals surface area contributed by atoms with Crippen LogP contribution in [0.25, 0.3) is 0 Å². The average molecular weight is 320 g/mol. The summed E-state index contributed by atoms with van der Waals surface area (Å²) in [6.45, 7) is 1.05. The number of rotatable bonds is 8. The van der Waals surface area contributed by atoms with Gasteiger partial charge in [-0.15, -0.1) is 11.8 Å². The second kappa shape index (κ2) is 9.14. The van der Waals surface area contributed by atoms with Crippen molar-refractivity contribution in [2.75, 3.05) is 19.3 Å². The fourth-order valence-corrected chi connectivity index (χ4v) is 3.54. The minimum Gasteiger partial charge on any atom is -0.319 e. The second-order valence-corrected chi connectivity index (χ2v) is 6.81. The second-order valence-electron chi connectivity index (χ2n) is 5.20. The van der Waals surface area contributed by atoms with Crippen LogP contribution in [0.1, 0.15) is 12.0 Å². The third-order valence-corrected chi connectivity index (χ3v) is 4.77. The maximum absolute atomic E-state index is 5.95. The van der Waals surface area contributed by atoms with Gasteiger partial charge in [0.05, 0.1) is 0 Å². The van der Waals surface area contributed by atoms with Crippen LogP contribution in [0.2, 0.25) is 5.02 Å². The van der Waals surface area contributed by atoms with E-state index < -0.39 is 0 Å². The molecule has 112 valence electrons. The van der Waals surface area contributed by atoms with E-state index in [2.05, 4.69) is 47.8 Å². The molecule has 0 amide bonds. The fourth-order valence-electron chi connectivity index (χ4n) is 2.38. The molecule has 0 saturated carbocycles. The maximum atomic E-state index is 5.95. The van der Waals surface area contributed by atoms with Crippen LogP contribution in [0, 0.1) is 5.92 Å². The molecule has 0 aromatic heterocycles. The number of benzene rings is 2. The summed E-state index contributed by atoms with van der Waals surface area (Å²) in [5.41, 5.74) is 1.37. The van der Waals surface area contributed by atoms with Crippen molar-refractivity contribution >= 4 is 23.4 Å². The van der Waals surface area contributed by atoms with E-state index in [1.807, 2.05) is 30.9 Å². The Bertz CT molecular complexity index is 513. The van der Waals surface area contributed by atoms with Crippen LogP contribution in [-0.4, -0.2) is 19.3 Å². The highest BCUT2D eigenvalue weighted by Crippen LogP contribution is 2.22. The van der Waals surface area contributed by atoms with Gasteiger partial charge in [-0.25, -0.2) is 0 Å². The van der Waals surface area contributed by atoms with Crippen molar-refractivity contribution in [1.29, 1.82) is 0 Å². The zero-order valence-corrected chi connectivity index (χ0v) is 14.0. The Hall–Kier alpha value is -0.960. The van der Waals surface area contributed by atoms with Crippen LogP contribution in [0.15, 0.2) is 59.5 Å². The maximum Gasteiger partial charge on any atom is 0.0406 e. The Balaban J connectivity index is 1.82. The van der Waals surface area contributed by atoms with Gasteiger partial charge >= 0.3 is 0 Å². The van der Waals surface area contributed by atoms with Crippen LogP contribution < -0.4 is 5.32 Å². The van der Waals surface area contributed by atoms with E-state index in [9.17, 15) is 0 Å². The van der Waals surface area contributed by atoms with E-state index >= 15 is 0 Å².